The predicted molar refractivity (Wildman–Crippen MR) is 95.1 cm³/mol. The Kier molecular flexibility index (Phi) is 6.06. The molecule has 0 spiro atoms. The summed E-state index contributed by atoms with van der Waals surface area (Å²) in [5.41, 5.74) is 0. The Balaban J connectivity index is 1.46. The molecule has 1 aromatic rings. The molecule has 25 heavy (non-hydrogen) atoms. The van der Waals surface area contributed by atoms with Crippen molar-refractivity contribution in [3.63, 3.8) is 0 Å². The van der Waals surface area contributed by atoms with Crippen LogP contribution < -0.4 is 5.32 Å². The van der Waals surface area contributed by atoms with E-state index >= 15 is 0 Å². The Morgan fingerprint density at radius 2 is 1.76 bits per heavy atom. The molecule has 1 aliphatic heterocycles. The average molecular weight is 349 g/mol. The summed E-state index contributed by atoms with van der Waals surface area (Å²) < 4.78 is 5.30. The van der Waals surface area contributed by atoms with Crippen molar-refractivity contribution in [2.45, 2.75) is 71.0 Å². The fourth-order valence-corrected chi connectivity index (χ4v) is 3.89. The first-order valence-corrected chi connectivity index (χ1v) is 9.63. The molecule has 1 aliphatic carbocycles. The van der Waals surface area contributed by atoms with E-state index in [4.69, 9.17) is 4.52 Å². The molecular weight excluding hydrogens is 318 g/mol. The van der Waals surface area contributed by atoms with E-state index in [0.29, 0.717) is 17.8 Å². The van der Waals surface area contributed by atoms with E-state index in [0.717, 1.165) is 39.0 Å². The summed E-state index contributed by atoms with van der Waals surface area (Å²) in [4.78, 5) is 21.5. The van der Waals surface area contributed by atoms with E-state index < -0.39 is 0 Å². The van der Waals surface area contributed by atoms with Crippen LogP contribution in [0, 0.1) is 6.92 Å². The molecule has 1 aromatic heterocycles. The van der Waals surface area contributed by atoms with Gasteiger partial charge in [0.1, 0.15) is 0 Å². The molecule has 2 atom stereocenters. The Morgan fingerprint density at radius 1 is 1.12 bits per heavy atom. The number of hydrogen-bond donors (Lipinski definition) is 1. The summed E-state index contributed by atoms with van der Waals surface area (Å²) in [7, 11) is 0. The Labute approximate surface area is 150 Å². The zero-order valence-electron chi connectivity index (χ0n) is 15.7. The second-order valence-corrected chi connectivity index (χ2v) is 7.45. The van der Waals surface area contributed by atoms with Gasteiger partial charge in [-0.1, -0.05) is 24.4 Å². The van der Waals surface area contributed by atoms with Crippen LogP contribution in [0.2, 0.25) is 0 Å². The smallest absolute Gasteiger partial charge is 0.243 e. The number of aromatic nitrogens is 2. The zero-order chi connectivity index (χ0) is 17.8. The summed E-state index contributed by atoms with van der Waals surface area (Å²) in [5.74, 6) is 1.53. The molecule has 1 N–H and O–H groups in total. The molecule has 3 rings (SSSR count). The highest BCUT2D eigenvalue weighted by atomic mass is 16.5. The third-order valence-corrected chi connectivity index (χ3v) is 5.68. The molecule has 1 saturated heterocycles. The van der Waals surface area contributed by atoms with Gasteiger partial charge in [0.2, 0.25) is 11.8 Å². The maximum absolute atomic E-state index is 12.6. The Morgan fingerprint density at radius 3 is 2.36 bits per heavy atom. The fourth-order valence-electron chi connectivity index (χ4n) is 3.89. The van der Waals surface area contributed by atoms with E-state index in [1.165, 1.54) is 19.3 Å². The van der Waals surface area contributed by atoms with Crippen molar-refractivity contribution in [1.29, 1.82) is 0 Å². The second-order valence-electron chi connectivity index (χ2n) is 7.45. The monoisotopic (exact) mass is 349 g/mol. The lowest BCUT2D eigenvalue weighted by Gasteiger charge is -2.39. The van der Waals surface area contributed by atoms with Crippen molar-refractivity contribution in [3.05, 3.63) is 11.7 Å². The number of carbonyl (C=O) groups is 1. The van der Waals surface area contributed by atoms with Gasteiger partial charge in [-0.25, -0.2) is 0 Å². The third kappa shape index (κ3) is 4.58. The SMILES string of the molecule is Cc1noc([C@@H](C)N2CCN([C@@H](C)C(=O)NC3CCCCC3)CC2)n1. The number of rotatable bonds is 5. The summed E-state index contributed by atoms with van der Waals surface area (Å²) in [6.07, 6.45) is 6.05. The molecule has 2 fully saturated rings. The number of hydrogen-bond acceptors (Lipinski definition) is 6. The molecule has 2 heterocycles. The minimum Gasteiger partial charge on any atom is -0.352 e. The van der Waals surface area contributed by atoms with Crippen LogP contribution in [0.25, 0.3) is 0 Å². The number of piperazine rings is 1. The number of nitrogens with zero attached hydrogens (tertiary/aromatic N) is 4. The van der Waals surface area contributed by atoms with Crippen molar-refractivity contribution in [1.82, 2.24) is 25.3 Å². The standard InChI is InChI=1S/C18H31N5O2/c1-13(17(24)20-16-7-5-4-6-8-16)22-9-11-23(12-10-22)14(2)18-19-15(3)21-25-18/h13-14,16H,4-12H2,1-3H3,(H,20,24)/t13-,14+/m0/s1. The maximum atomic E-state index is 12.6. The van der Waals surface area contributed by atoms with Gasteiger partial charge in [-0.15, -0.1) is 0 Å². The van der Waals surface area contributed by atoms with Crippen molar-refractivity contribution in [2.75, 3.05) is 26.2 Å². The van der Waals surface area contributed by atoms with Gasteiger partial charge < -0.3 is 9.84 Å². The maximum Gasteiger partial charge on any atom is 0.243 e. The third-order valence-electron chi connectivity index (χ3n) is 5.68. The first-order chi connectivity index (χ1) is 12.0. The van der Waals surface area contributed by atoms with Gasteiger partial charge in [0.25, 0.3) is 0 Å². The molecule has 0 radical (unpaired) electrons. The fraction of sp³-hybridized carbons (Fsp3) is 0.833. The molecule has 0 bridgehead atoms. The van der Waals surface area contributed by atoms with Gasteiger partial charge >= 0.3 is 0 Å². The van der Waals surface area contributed by atoms with Crippen molar-refractivity contribution < 1.29 is 9.32 Å². The molecule has 2 aliphatic rings. The highest BCUT2D eigenvalue weighted by Gasteiger charge is 2.30. The van der Waals surface area contributed by atoms with Crippen molar-refractivity contribution in [2.24, 2.45) is 0 Å². The summed E-state index contributed by atoms with van der Waals surface area (Å²) in [5, 5.41) is 7.13. The van der Waals surface area contributed by atoms with E-state index in [9.17, 15) is 4.79 Å². The van der Waals surface area contributed by atoms with Gasteiger partial charge in [0.15, 0.2) is 5.82 Å². The average Bonchev–Trinajstić information content (AvgIpc) is 3.08. The summed E-state index contributed by atoms with van der Waals surface area (Å²) in [6.45, 7) is 9.55. The largest absolute Gasteiger partial charge is 0.352 e. The van der Waals surface area contributed by atoms with Crippen LogP contribution in [-0.4, -0.2) is 64.1 Å². The van der Waals surface area contributed by atoms with Gasteiger partial charge in [0, 0.05) is 32.2 Å². The lowest BCUT2D eigenvalue weighted by Crippen LogP contribution is -2.55. The zero-order valence-corrected chi connectivity index (χ0v) is 15.7. The Bertz CT molecular complexity index is 562. The first kappa shape index (κ1) is 18.3. The molecule has 7 heteroatoms. The van der Waals surface area contributed by atoms with E-state index in [-0.39, 0.29) is 18.0 Å². The van der Waals surface area contributed by atoms with Gasteiger partial charge in [-0.3, -0.25) is 14.6 Å². The molecule has 0 aromatic carbocycles. The lowest BCUT2D eigenvalue weighted by molar-refractivity contribution is -0.127. The predicted octanol–water partition coefficient (Wildman–Crippen LogP) is 1.89. The van der Waals surface area contributed by atoms with Crippen LogP contribution in [0.4, 0.5) is 0 Å². The van der Waals surface area contributed by atoms with E-state index in [1.54, 1.807) is 0 Å². The number of carbonyl (C=O) groups excluding carboxylic acids is 1. The van der Waals surface area contributed by atoms with Gasteiger partial charge in [-0.2, -0.15) is 4.98 Å². The van der Waals surface area contributed by atoms with Crippen LogP contribution in [0.5, 0.6) is 0 Å². The molecule has 7 nitrogen and oxygen atoms in total. The van der Waals surface area contributed by atoms with Crippen molar-refractivity contribution in [3.8, 4) is 0 Å². The molecule has 0 unspecified atom stereocenters. The normalized spacial score (nSPS) is 23.3. The second kappa shape index (κ2) is 8.27. The number of aryl methyl sites for hydroxylation is 1. The molecule has 1 saturated carbocycles. The van der Waals surface area contributed by atoms with Crippen LogP contribution in [0.15, 0.2) is 4.52 Å². The van der Waals surface area contributed by atoms with Crippen LogP contribution in [0.3, 0.4) is 0 Å². The van der Waals surface area contributed by atoms with Crippen molar-refractivity contribution >= 4 is 5.91 Å². The minimum absolute atomic E-state index is 0.0648. The molecular formula is C18H31N5O2. The highest BCUT2D eigenvalue weighted by molar-refractivity contribution is 5.81. The molecule has 1 amide bonds. The van der Waals surface area contributed by atoms with E-state index in [2.05, 4.69) is 32.2 Å². The summed E-state index contributed by atoms with van der Waals surface area (Å²) in [6, 6.07) is 0.436. The molecule has 140 valence electrons. The first-order valence-electron chi connectivity index (χ1n) is 9.63. The topological polar surface area (TPSA) is 74.5 Å². The van der Waals surface area contributed by atoms with Gasteiger partial charge in [-0.05, 0) is 33.6 Å². The Hall–Kier alpha value is -1.47. The number of amides is 1. The van der Waals surface area contributed by atoms with Gasteiger partial charge in [0.05, 0.1) is 12.1 Å². The summed E-state index contributed by atoms with van der Waals surface area (Å²) >= 11 is 0. The minimum atomic E-state index is -0.0648. The van der Waals surface area contributed by atoms with Crippen LogP contribution in [-0.2, 0) is 4.79 Å². The number of nitrogens with one attached hydrogen (secondary N) is 1. The van der Waals surface area contributed by atoms with E-state index in [1.807, 2.05) is 13.8 Å². The lowest BCUT2D eigenvalue weighted by atomic mass is 9.95. The van der Waals surface area contributed by atoms with Crippen LogP contribution >= 0.6 is 0 Å². The quantitative estimate of drug-likeness (QED) is 0.875. The highest BCUT2D eigenvalue weighted by Crippen LogP contribution is 2.21. The van der Waals surface area contributed by atoms with Crippen LogP contribution in [0.1, 0.15) is 63.7 Å².